The number of benzene rings is 1. The summed E-state index contributed by atoms with van der Waals surface area (Å²) in [5, 5.41) is 4.39. The predicted octanol–water partition coefficient (Wildman–Crippen LogP) is 2.88. The Balaban J connectivity index is 1.43. The Bertz CT molecular complexity index is 1000. The number of hydrogen-bond acceptors (Lipinski definition) is 4. The molecule has 2 aromatic heterocycles. The zero-order valence-electron chi connectivity index (χ0n) is 14.6. The van der Waals surface area contributed by atoms with E-state index in [2.05, 4.69) is 15.1 Å². The number of alkyl halides is 1. The van der Waals surface area contributed by atoms with Gasteiger partial charge >= 0.3 is 0 Å². The molecule has 2 aliphatic rings. The molecule has 2 aliphatic heterocycles. The molecule has 7 heteroatoms. The predicted molar refractivity (Wildman–Crippen MR) is 95.8 cm³/mol. The summed E-state index contributed by atoms with van der Waals surface area (Å²) < 4.78 is 16.1. The van der Waals surface area contributed by atoms with Crippen LogP contribution in [0.25, 0.3) is 0 Å². The van der Waals surface area contributed by atoms with E-state index >= 15 is 0 Å². The fraction of sp³-hybridized carbons (Fsp3) is 0.300. The smallest absolute Gasteiger partial charge is 0.293 e. The molecule has 0 saturated heterocycles. The molecule has 1 aromatic carbocycles. The second-order valence-corrected chi connectivity index (χ2v) is 6.95. The Hall–Kier alpha value is -3.09. The lowest BCUT2D eigenvalue weighted by atomic mass is 10.0. The summed E-state index contributed by atoms with van der Waals surface area (Å²) in [7, 11) is 0. The summed E-state index contributed by atoms with van der Waals surface area (Å²) in [5.74, 6) is 0.0531. The van der Waals surface area contributed by atoms with Crippen molar-refractivity contribution < 1.29 is 9.18 Å². The Morgan fingerprint density at radius 3 is 2.85 bits per heavy atom. The lowest BCUT2D eigenvalue weighted by Gasteiger charge is -2.27. The van der Waals surface area contributed by atoms with E-state index in [9.17, 15) is 9.18 Å². The normalized spacial score (nSPS) is 21.0. The molecule has 136 valence electrons. The molecule has 0 saturated carbocycles. The zero-order chi connectivity index (χ0) is 18.4. The van der Waals surface area contributed by atoms with Gasteiger partial charge in [0, 0.05) is 37.8 Å². The molecule has 2 atom stereocenters. The highest BCUT2D eigenvalue weighted by atomic mass is 19.1. The average molecular weight is 363 g/mol. The molecule has 1 amide bonds. The molecular weight excluding hydrogens is 345 g/mol. The van der Waals surface area contributed by atoms with Crippen molar-refractivity contribution in [2.75, 3.05) is 6.54 Å². The number of rotatable bonds is 2. The molecule has 27 heavy (non-hydrogen) atoms. The van der Waals surface area contributed by atoms with Crippen LogP contribution in [0.15, 0.2) is 48.7 Å². The van der Waals surface area contributed by atoms with Crippen LogP contribution < -0.4 is 0 Å². The number of amides is 1. The molecule has 0 spiro atoms. The van der Waals surface area contributed by atoms with E-state index in [0.717, 1.165) is 16.8 Å². The molecule has 4 heterocycles. The fourth-order valence-corrected chi connectivity index (χ4v) is 3.90. The van der Waals surface area contributed by atoms with Crippen LogP contribution >= 0.6 is 0 Å². The maximum Gasteiger partial charge on any atom is 0.293 e. The second-order valence-electron chi connectivity index (χ2n) is 6.95. The maximum absolute atomic E-state index is 14.5. The first-order valence-electron chi connectivity index (χ1n) is 9.08. The molecule has 0 bridgehead atoms. The van der Waals surface area contributed by atoms with Crippen LogP contribution in [0.4, 0.5) is 4.39 Å². The molecule has 0 aliphatic carbocycles. The number of carbonyl (C=O) groups is 1. The molecule has 0 fully saturated rings. The highest BCUT2D eigenvalue weighted by Gasteiger charge is 2.37. The largest absolute Gasteiger partial charge is 0.331 e. The Morgan fingerprint density at radius 1 is 1.15 bits per heavy atom. The Labute approximate surface area is 155 Å². The highest BCUT2D eigenvalue weighted by molar-refractivity contribution is 5.90. The zero-order valence-corrected chi connectivity index (χ0v) is 14.6. The molecule has 2 unspecified atom stereocenters. The van der Waals surface area contributed by atoms with Gasteiger partial charge in [-0.15, -0.1) is 5.10 Å². The lowest BCUT2D eigenvalue weighted by Crippen LogP contribution is -2.37. The molecule has 3 aromatic rings. The Morgan fingerprint density at radius 2 is 2.00 bits per heavy atom. The van der Waals surface area contributed by atoms with E-state index in [1.54, 1.807) is 15.8 Å². The van der Waals surface area contributed by atoms with Crippen molar-refractivity contribution in [1.29, 1.82) is 0 Å². The summed E-state index contributed by atoms with van der Waals surface area (Å²) in [5.41, 5.74) is 3.03. The number of pyridine rings is 1. The van der Waals surface area contributed by atoms with E-state index in [0.29, 0.717) is 25.9 Å². The van der Waals surface area contributed by atoms with Gasteiger partial charge in [-0.3, -0.25) is 9.78 Å². The first-order valence-corrected chi connectivity index (χ1v) is 9.08. The molecule has 5 rings (SSSR count). The SMILES string of the molecule is O=C(c1nc2n(n1)C(c1ccccc1)CC2F)N1CCc2ncccc2C1. The van der Waals surface area contributed by atoms with E-state index in [4.69, 9.17) is 0 Å². The van der Waals surface area contributed by atoms with Crippen molar-refractivity contribution in [2.45, 2.75) is 31.6 Å². The maximum atomic E-state index is 14.5. The van der Waals surface area contributed by atoms with E-state index in [1.807, 2.05) is 42.5 Å². The summed E-state index contributed by atoms with van der Waals surface area (Å²) in [6.45, 7) is 1.04. The molecule has 6 nitrogen and oxygen atoms in total. The number of nitrogens with zero attached hydrogens (tertiary/aromatic N) is 5. The minimum atomic E-state index is -1.21. The van der Waals surface area contributed by atoms with Crippen molar-refractivity contribution >= 4 is 5.91 Å². The third-order valence-corrected chi connectivity index (χ3v) is 5.29. The van der Waals surface area contributed by atoms with Crippen LogP contribution in [-0.2, 0) is 13.0 Å². The van der Waals surface area contributed by atoms with Crippen LogP contribution in [0.3, 0.4) is 0 Å². The van der Waals surface area contributed by atoms with Crippen molar-refractivity contribution in [2.24, 2.45) is 0 Å². The fourth-order valence-electron chi connectivity index (χ4n) is 3.90. The van der Waals surface area contributed by atoms with Crippen LogP contribution in [-0.4, -0.2) is 37.1 Å². The minimum Gasteiger partial charge on any atom is -0.331 e. The first kappa shape index (κ1) is 16.1. The van der Waals surface area contributed by atoms with Gasteiger partial charge in [-0.1, -0.05) is 36.4 Å². The van der Waals surface area contributed by atoms with Gasteiger partial charge in [-0.25, -0.2) is 14.1 Å². The number of aromatic nitrogens is 4. The summed E-state index contributed by atoms with van der Waals surface area (Å²) in [4.78, 5) is 23.2. The van der Waals surface area contributed by atoms with Gasteiger partial charge in [-0.2, -0.15) is 0 Å². The lowest BCUT2D eigenvalue weighted by molar-refractivity contribution is 0.0720. The third kappa shape index (κ3) is 2.70. The molecule has 0 N–H and O–H groups in total. The van der Waals surface area contributed by atoms with Crippen LogP contribution in [0.1, 0.15) is 51.9 Å². The van der Waals surface area contributed by atoms with E-state index in [-0.39, 0.29) is 23.6 Å². The summed E-state index contributed by atoms with van der Waals surface area (Å²) in [6.07, 6.45) is 1.56. The first-order chi connectivity index (χ1) is 13.2. The van der Waals surface area contributed by atoms with Crippen molar-refractivity contribution in [1.82, 2.24) is 24.6 Å². The second kappa shape index (κ2) is 6.26. The van der Waals surface area contributed by atoms with Crippen LogP contribution in [0, 0.1) is 0 Å². The molecular formula is C20H18FN5O. The van der Waals surface area contributed by atoms with Crippen LogP contribution in [0.2, 0.25) is 0 Å². The van der Waals surface area contributed by atoms with Crippen LogP contribution in [0.5, 0.6) is 0 Å². The number of fused-ring (bicyclic) bond motifs is 2. The number of hydrogen-bond donors (Lipinski definition) is 0. The van der Waals surface area contributed by atoms with Crippen molar-refractivity contribution in [3.63, 3.8) is 0 Å². The topological polar surface area (TPSA) is 63.9 Å². The van der Waals surface area contributed by atoms with E-state index in [1.165, 1.54) is 0 Å². The van der Waals surface area contributed by atoms with Gasteiger partial charge in [0.2, 0.25) is 5.82 Å². The number of carbonyl (C=O) groups excluding carboxylic acids is 1. The third-order valence-electron chi connectivity index (χ3n) is 5.29. The summed E-state index contributed by atoms with van der Waals surface area (Å²) in [6, 6.07) is 13.3. The van der Waals surface area contributed by atoms with Gasteiger partial charge in [0.1, 0.15) is 0 Å². The number of halogens is 1. The Kier molecular flexibility index (Phi) is 3.74. The van der Waals surface area contributed by atoms with Gasteiger partial charge in [0.15, 0.2) is 12.0 Å². The average Bonchev–Trinajstić information content (AvgIpc) is 3.28. The summed E-state index contributed by atoms with van der Waals surface area (Å²) >= 11 is 0. The van der Waals surface area contributed by atoms with Gasteiger partial charge in [-0.05, 0) is 17.2 Å². The van der Waals surface area contributed by atoms with Crippen molar-refractivity contribution in [3.05, 3.63) is 77.1 Å². The minimum absolute atomic E-state index is 0.0700. The van der Waals surface area contributed by atoms with Crippen molar-refractivity contribution in [3.8, 4) is 0 Å². The standard InChI is InChI=1S/C20H18FN5O/c21-15-11-17(13-5-2-1-3-6-13)26-19(15)23-18(24-26)20(27)25-10-8-16-14(12-25)7-4-9-22-16/h1-7,9,15,17H,8,10-12H2. The van der Waals surface area contributed by atoms with E-state index < -0.39 is 6.17 Å². The monoisotopic (exact) mass is 363 g/mol. The highest BCUT2D eigenvalue weighted by Crippen LogP contribution is 2.39. The van der Waals surface area contributed by atoms with Gasteiger partial charge in [0.25, 0.3) is 5.91 Å². The molecule has 0 radical (unpaired) electrons. The van der Waals surface area contributed by atoms with Gasteiger partial charge in [0.05, 0.1) is 6.04 Å². The quantitative estimate of drug-likeness (QED) is 0.702. The van der Waals surface area contributed by atoms with Gasteiger partial charge < -0.3 is 4.90 Å².